The van der Waals surface area contributed by atoms with Crippen molar-refractivity contribution in [3.8, 4) is 0 Å². The minimum atomic E-state index is 0.667. The Morgan fingerprint density at radius 3 is 3.00 bits per heavy atom. The Hall–Kier alpha value is -0.790. The van der Waals surface area contributed by atoms with Crippen LogP contribution in [0, 0.1) is 11.8 Å². The van der Waals surface area contributed by atoms with Crippen molar-refractivity contribution >= 4 is 11.6 Å². The molecular weight excluding hydrogens is 218 g/mol. The van der Waals surface area contributed by atoms with Crippen LogP contribution in [-0.4, -0.2) is 6.04 Å². The monoisotopic (exact) mass is 233 g/mol. The van der Waals surface area contributed by atoms with Gasteiger partial charge in [-0.1, -0.05) is 42.0 Å². The molecular formula is C14H16ClN. The molecule has 16 heavy (non-hydrogen) atoms. The van der Waals surface area contributed by atoms with Crippen LogP contribution in [-0.2, 0) is 6.54 Å². The van der Waals surface area contributed by atoms with E-state index in [9.17, 15) is 0 Å². The van der Waals surface area contributed by atoms with Crippen molar-refractivity contribution in [3.63, 3.8) is 0 Å². The average molecular weight is 234 g/mol. The van der Waals surface area contributed by atoms with Gasteiger partial charge in [-0.3, -0.25) is 0 Å². The van der Waals surface area contributed by atoms with Gasteiger partial charge in [0.15, 0.2) is 0 Å². The van der Waals surface area contributed by atoms with E-state index in [-0.39, 0.29) is 0 Å². The summed E-state index contributed by atoms with van der Waals surface area (Å²) in [5.41, 5.74) is 1.20. The number of halogens is 1. The lowest BCUT2D eigenvalue weighted by atomic mass is 9.71. The third-order valence-electron chi connectivity index (χ3n) is 3.88. The third kappa shape index (κ3) is 1.79. The number of hydrogen-bond donors (Lipinski definition) is 1. The topological polar surface area (TPSA) is 12.0 Å². The quantitative estimate of drug-likeness (QED) is 0.790. The largest absolute Gasteiger partial charge is 0.309 e. The first kappa shape index (κ1) is 10.4. The summed E-state index contributed by atoms with van der Waals surface area (Å²) in [6, 6.07) is 8.74. The summed E-state index contributed by atoms with van der Waals surface area (Å²) >= 11 is 6.13. The Morgan fingerprint density at radius 2 is 2.19 bits per heavy atom. The van der Waals surface area contributed by atoms with E-state index >= 15 is 0 Å². The normalized spacial score (nSPS) is 31.2. The van der Waals surface area contributed by atoms with E-state index in [0.29, 0.717) is 6.04 Å². The van der Waals surface area contributed by atoms with Crippen LogP contribution in [0.5, 0.6) is 0 Å². The van der Waals surface area contributed by atoms with E-state index in [1.54, 1.807) is 0 Å². The maximum absolute atomic E-state index is 6.13. The minimum absolute atomic E-state index is 0.667. The summed E-state index contributed by atoms with van der Waals surface area (Å²) in [6.45, 7) is 0.890. The fourth-order valence-electron chi connectivity index (χ4n) is 2.83. The van der Waals surface area contributed by atoms with Crippen molar-refractivity contribution in [3.05, 3.63) is 47.0 Å². The van der Waals surface area contributed by atoms with Crippen LogP contribution in [0.2, 0.25) is 5.02 Å². The highest BCUT2D eigenvalue weighted by Crippen LogP contribution is 2.42. The molecule has 2 heteroatoms. The van der Waals surface area contributed by atoms with E-state index in [0.717, 1.165) is 23.4 Å². The number of benzene rings is 1. The van der Waals surface area contributed by atoms with Crippen molar-refractivity contribution < 1.29 is 0 Å². The first-order valence-corrected chi connectivity index (χ1v) is 6.36. The molecule has 84 valence electrons. The standard InChI is InChI=1S/C14H16ClN/c15-13-7-2-1-4-11(13)9-16-14-8-10-5-3-6-12(10)14/h1-4,6-7,10,12,14,16H,5,8-9H2. The average Bonchev–Trinajstić information content (AvgIpc) is 2.63. The first-order chi connectivity index (χ1) is 7.84. The van der Waals surface area contributed by atoms with Crippen LogP contribution in [0.25, 0.3) is 0 Å². The van der Waals surface area contributed by atoms with Crippen LogP contribution in [0.4, 0.5) is 0 Å². The highest BCUT2D eigenvalue weighted by atomic mass is 35.5. The van der Waals surface area contributed by atoms with Gasteiger partial charge in [-0.05, 0) is 36.3 Å². The molecule has 1 N–H and O–H groups in total. The molecule has 3 rings (SSSR count). The molecule has 3 unspecified atom stereocenters. The lowest BCUT2D eigenvalue weighted by Gasteiger charge is -2.40. The van der Waals surface area contributed by atoms with E-state index in [1.165, 1.54) is 18.4 Å². The number of nitrogens with one attached hydrogen (secondary N) is 1. The smallest absolute Gasteiger partial charge is 0.0450 e. The number of hydrogen-bond acceptors (Lipinski definition) is 1. The molecule has 1 saturated carbocycles. The second-order valence-electron chi connectivity index (χ2n) is 4.82. The molecule has 0 heterocycles. The SMILES string of the molecule is Clc1ccccc1CNC1CC2CC=CC21. The maximum atomic E-state index is 6.13. The molecule has 2 aliphatic carbocycles. The van der Waals surface area contributed by atoms with Gasteiger partial charge >= 0.3 is 0 Å². The lowest BCUT2D eigenvalue weighted by molar-refractivity contribution is 0.162. The molecule has 0 amide bonds. The Bertz CT molecular complexity index is 413. The zero-order chi connectivity index (χ0) is 11.0. The fourth-order valence-corrected chi connectivity index (χ4v) is 3.03. The predicted molar refractivity (Wildman–Crippen MR) is 67.4 cm³/mol. The van der Waals surface area contributed by atoms with E-state index in [4.69, 9.17) is 11.6 Å². The van der Waals surface area contributed by atoms with E-state index in [1.807, 2.05) is 18.2 Å². The summed E-state index contributed by atoms with van der Waals surface area (Å²) < 4.78 is 0. The molecule has 0 aliphatic heterocycles. The van der Waals surface area contributed by atoms with Gasteiger partial charge in [0, 0.05) is 17.6 Å². The molecule has 1 aromatic rings. The van der Waals surface area contributed by atoms with Crippen molar-refractivity contribution in [2.75, 3.05) is 0 Å². The second kappa shape index (κ2) is 4.23. The molecule has 0 radical (unpaired) electrons. The zero-order valence-corrected chi connectivity index (χ0v) is 9.95. The van der Waals surface area contributed by atoms with Gasteiger partial charge in [0.2, 0.25) is 0 Å². The van der Waals surface area contributed by atoms with E-state index < -0.39 is 0 Å². The molecule has 1 fully saturated rings. The summed E-state index contributed by atoms with van der Waals surface area (Å²) in [4.78, 5) is 0. The minimum Gasteiger partial charge on any atom is -0.309 e. The number of rotatable bonds is 3. The van der Waals surface area contributed by atoms with Gasteiger partial charge in [-0.15, -0.1) is 0 Å². The van der Waals surface area contributed by atoms with Crippen LogP contribution in [0.1, 0.15) is 18.4 Å². The summed E-state index contributed by atoms with van der Waals surface area (Å²) in [7, 11) is 0. The maximum Gasteiger partial charge on any atom is 0.0450 e. The molecule has 3 atom stereocenters. The molecule has 0 bridgehead atoms. The Kier molecular flexibility index (Phi) is 2.74. The van der Waals surface area contributed by atoms with Crippen molar-refractivity contribution in [1.29, 1.82) is 0 Å². The van der Waals surface area contributed by atoms with Crippen LogP contribution >= 0.6 is 11.6 Å². The Morgan fingerprint density at radius 1 is 1.31 bits per heavy atom. The van der Waals surface area contributed by atoms with Crippen molar-refractivity contribution in [1.82, 2.24) is 5.32 Å². The van der Waals surface area contributed by atoms with Crippen molar-refractivity contribution in [2.24, 2.45) is 11.8 Å². The van der Waals surface area contributed by atoms with Crippen molar-refractivity contribution in [2.45, 2.75) is 25.4 Å². The first-order valence-electron chi connectivity index (χ1n) is 5.98. The van der Waals surface area contributed by atoms with Crippen LogP contribution in [0.3, 0.4) is 0 Å². The zero-order valence-electron chi connectivity index (χ0n) is 9.20. The molecule has 1 nitrogen and oxygen atoms in total. The van der Waals surface area contributed by atoms with Gasteiger partial charge in [0.05, 0.1) is 0 Å². The van der Waals surface area contributed by atoms with Crippen LogP contribution < -0.4 is 5.32 Å². The van der Waals surface area contributed by atoms with Gasteiger partial charge in [-0.25, -0.2) is 0 Å². The number of allylic oxidation sites excluding steroid dienone is 1. The molecule has 0 aromatic heterocycles. The lowest BCUT2D eigenvalue weighted by Crippen LogP contribution is -2.47. The molecule has 2 aliphatic rings. The summed E-state index contributed by atoms with van der Waals surface area (Å²) in [6.07, 6.45) is 7.31. The molecule has 1 aromatic carbocycles. The Balaban J connectivity index is 1.58. The van der Waals surface area contributed by atoms with Crippen LogP contribution in [0.15, 0.2) is 36.4 Å². The van der Waals surface area contributed by atoms with Gasteiger partial charge in [0.25, 0.3) is 0 Å². The van der Waals surface area contributed by atoms with Gasteiger partial charge < -0.3 is 5.32 Å². The predicted octanol–water partition coefficient (Wildman–Crippen LogP) is 3.39. The van der Waals surface area contributed by atoms with Gasteiger partial charge in [-0.2, -0.15) is 0 Å². The summed E-state index contributed by atoms with van der Waals surface area (Å²) in [5.74, 6) is 1.70. The van der Waals surface area contributed by atoms with E-state index in [2.05, 4.69) is 23.5 Å². The molecule has 0 spiro atoms. The Labute approximate surface area is 102 Å². The highest BCUT2D eigenvalue weighted by molar-refractivity contribution is 6.31. The van der Waals surface area contributed by atoms with Gasteiger partial charge in [0.1, 0.15) is 0 Å². The molecule has 0 saturated heterocycles. The second-order valence-corrected chi connectivity index (χ2v) is 5.22. The summed E-state index contributed by atoms with van der Waals surface area (Å²) in [5, 5.41) is 4.48. The fraction of sp³-hybridized carbons (Fsp3) is 0.429. The third-order valence-corrected chi connectivity index (χ3v) is 4.24. The highest BCUT2D eigenvalue weighted by Gasteiger charge is 2.40. The number of fused-ring (bicyclic) bond motifs is 1.